The van der Waals surface area contributed by atoms with E-state index in [1.54, 1.807) is 6.20 Å². The van der Waals surface area contributed by atoms with Crippen molar-refractivity contribution in [3.05, 3.63) is 42.2 Å². The summed E-state index contributed by atoms with van der Waals surface area (Å²) in [5.74, 6) is 0.745. The highest BCUT2D eigenvalue weighted by Crippen LogP contribution is 2.21. The summed E-state index contributed by atoms with van der Waals surface area (Å²) in [6.07, 6.45) is 3.86. The zero-order chi connectivity index (χ0) is 14.7. The molecule has 1 N–H and O–H groups in total. The van der Waals surface area contributed by atoms with Gasteiger partial charge in [-0.15, -0.1) is 24.8 Å². The first-order valence-corrected chi connectivity index (χ1v) is 7.57. The van der Waals surface area contributed by atoms with Crippen LogP contribution in [-0.4, -0.2) is 42.5 Å². The van der Waals surface area contributed by atoms with Gasteiger partial charge in [-0.1, -0.05) is 24.3 Å². The van der Waals surface area contributed by atoms with Crippen molar-refractivity contribution in [2.45, 2.75) is 12.8 Å². The summed E-state index contributed by atoms with van der Waals surface area (Å²) in [5, 5.41) is 5.24. The lowest BCUT2D eigenvalue weighted by Gasteiger charge is -2.31. The number of nitrogens with zero attached hydrogens (tertiary/aromatic N) is 2. The Bertz CT molecular complexity index is 637. The molecule has 1 aliphatic heterocycles. The predicted molar refractivity (Wildman–Crippen MR) is 98.8 cm³/mol. The summed E-state index contributed by atoms with van der Waals surface area (Å²) >= 11 is 0. The largest absolute Gasteiger partial charge is 0.337 e. The molecule has 3 rings (SSSR count). The number of amides is 1. The first kappa shape index (κ1) is 19.7. The third kappa shape index (κ3) is 4.34. The Morgan fingerprint density at radius 2 is 1.91 bits per heavy atom. The number of benzene rings is 1. The molecule has 0 spiro atoms. The number of pyridine rings is 1. The number of fused-ring (bicyclic) bond motifs is 1. The van der Waals surface area contributed by atoms with E-state index >= 15 is 0 Å². The Hall–Kier alpha value is -1.36. The van der Waals surface area contributed by atoms with Crippen LogP contribution in [0.25, 0.3) is 10.8 Å². The lowest BCUT2D eigenvalue weighted by Crippen LogP contribution is -2.40. The lowest BCUT2D eigenvalue weighted by molar-refractivity contribution is 0.0687. The minimum Gasteiger partial charge on any atom is -0.337 e. The van der Waals surface area contributed by atoms with Gasteiger partial charge in [-0.3, -0.25) is 9.78 Å². The summed E-state index contributed by atoms with van der Waals surface area (Å²) in [6, 6.07) is 9.89. The monoisotopic (exact) mass is 355 g/mol. The number of carbonyl (C=O) groups is 1. The number of halogens is 2. The number of rotatable bonds is 3. The van der Waals surface area contributed by atoms with E-state index in [0.29, 0.717) is 11.6 Å². The highest BCUT2D eigenvalue weighted by molar-refractivity contribution is 6.05. The zero-order valence-electron chi connectivity index (χ0n) is 13.2. The second-order valence-corrected chi connectivity index (χ2v) is 5.67. The van der Waals surface area contributed by atoms with Crippen LogP contribution in [0.3, 0.4) is 0 Å². The topological polar surface area (TPSA) is 45.2 Å². The number of likely N-dealkylation sites (tertiary alicyclic amines) is 1. The third-order valence-electron chi connectivity index (χ3n) is 4.27. The van der Waals surface area contributed by atoms with Gasteiger partial charge in [0.15, 0.2) is 0 Å². The Kier molecular flexibility index (Phi) is 7.76. The van der Waals surface area contributed by atoms with Crippen molar-refractivity contribution in [2.75, 3.05) is 26.7 Å². The molecule has 6 heteroatoms. The van der Waals surface area contributed by atoms with E-state index in [1.807, 2.05) is 42.3 Å². The summed E-state index contributed by atoms with van der Waals surface area (Å²) in [6.45, 7) is 2.70. The maximum Gasteiger partial charge on any atom is 0.273 e. The van der Waals surface area contributed by atoms with Crippen molar-refractivity contribution < 1.29 is 4.79 Å². The van der Waals surface area contributed by atoms with Gasteiger partial charge in [0.05, 0.1) is 0 Å². The minimum absolute atomic E-state index is 0. The first-order chi connectivity index (χ1) is 10.3. The zero-order valence-corrected chi connectivity index (χ0v) is 14.8. The highest BCUT2D eigenvalue weighted by atomic mass is 35.5. The van der Waals surface area contributed by atoms with Gasteiger partial charge in [-0.2, -0.15) is 0 Å². The number of hydrogen-bond donors (Lipinski definition) is 1. The van der Waals surface area contributed by atoms with Gasteiger partial charge < -0.3 is 10.2 Å². The molecule has 1 saturated heterocycles. The smallest absolute Gasteiger partial charge is 0.273 e. The van der Waals surface area contributed by atoms with Gasteiger partial charge in [0, 0.05) is 24.7 Å². The molecule has 0 aliphatic carbocycles. The molecule has 23 heavy (non-hydrogen) atoms. The molecule has 0 saturated carbocycles. The van der Waals surface area contributed by atoms with E-state index in [0.717, 1.165) is 43.2 Å². The van der Waals surface area contributed by atoms with E-state index in [9.17, 15) is 4.79 Å². The maximum atomic E-state index is 12.7. The maximum absolute atomic E-state index is 12.7. The molecular formula is C17H23Cl2N3O. The van der Waals surface area contributed by atoms with E-state index in [-0.39, 0.29) is 30.7 Å². The molecule has 1 fully saturated rings. The van der Waals surface area contributed by atoms with Crippen molar-refractivity contribution >= 4 is 41.5 Å². The van der Waals surface area contributed by atoms with E-state index in [1.165, 1.54) is 0 Å². The number of carbonyl (C=O) groups excluding carboxylic acids is 1. The first-order valence-electron chi connectivity index (χ1n) is 7.57. The Morgan fingerprint density at radius 3 is 2.61 bits per heavy atom. The van der Waals surface area contributed by atoms with Crippen LogP contribution in [0, 0.1) is 5.92 Å². The van der Waals surface area contributed by atoms with Crippen LogP contribution in [0.4, 0.5) is 0 Å². The van der Waals surface area contributed by atoms with Crippen LogP contribution in [0.15, 0.2) is 36.5 Å². The second-order valence-electron chi connectivity index (χ2n) is 5.67. The predicted octanol–water partition coefficient (Wildman–Crippen LogP) is 3.15. The normalized spacial score (nSPS) is 14.9. The molecule has 0 bridgehead atoms. The summed E-state index contributed by atoms with van der Waals surface area (Å²) < 4.78 is 0. The molecular weight excluding hydrogens is 333 g/mol. The van der Waals surface area contributed by atoms with Crippen molar-refractivity contribution in [1.29, 1.82) is 0 Å². The van der Waals surface area contributed by atoms with Gasteiger partial charge in [0.1, 0.15) is 5.69 Å². The van der Waals surface area contributed by atoms with Crippen molar-refractivity contribution in [3.63, 3.8) is 0 Å². The van der Waals surface area contributed by atoms with Gasteiger partial charge in [0.25, 0.3) is 5.91 Å². The standard InChI is InChI=1S/C17H21N3O.2ClH/c1-18-12-13-7-10-20(11-8-13)17(21)16-15-5-3-2-4-14(15)6-9-19-16;;/h2-6,9,13,18H,7-8,10-12H2,1H3;2*1H. The molecule has 1 aliphatic rings. The number of aromatic nitrogens is 1. The summed E-state index contributed by atoms with van der Waals surface area (Å²) in [7, 11) is 1.98. The molecule has 0 radical (unpaired) electrons. The fourth-order valence-corrected chi connectivity index (χ4v) is 3.07. The molecule has 126 valence electrons. The van der Waals surface area contributed by atoms with E-state index in [4.69, 9.17) is 0 Å². The molecule has 0 unspecified atom stereocenters. The molecule has 1 amide bonds. The van der Waals surface area contributed by atoms with E-state index < -0.39 is 0 Å². The number of piperidine rings is 1. The minimum atomic E-state index is 0. The average molecular weight is 356 g/mol. The van der Waals surface area contributed by atoms with Crippen LogP contribution in [-0.2, 0) is 0 Å². The number of nitrogens with one attached hydrogen (secondary N) is 1. The highest BCUT2D eigenvalue weighted by Gasteiger charge is 2.24. The molecule has 0 atom stereocenters. The molecule has 1 aromatic heterocycles. The molecule has 4 nitrogen and oxygen atoms in total. The van der Waals surface area contributed by atoms with Crippen LogP contribution < -0.4 is 5.32 Å². The average Bonchev–Trinajstić information content (AvgIpc) is 2.55. The summed E-state index contributed by atoms with van der Waals surface area (Å²) in [4.78, 5) is 19.0. The fraction of sp³-hybridized carbons (Fsp3) is 0.412. The Balaban J connectivity index is 0.00000132. The van der Waals surface area contributed by atoms with Crippen LogP contribution in [0.1, 0.15) is 23.3 Å². The summed E-state index contributed by atoms with van der Waals surface area (Å²) in [5.41, 5.74) is 0.583. The third-order valence-corrected chi connectivity index (χ3v) is 4.27. The van der Waals surface area contributed by atoms with Crippen LogP contribution in [0.5, 0.6) is 0 Å². The Labute approximate surface area is 149 Å². The van der Waals surface area contributed by atoms with E-state index in [2.05, 4.69) is 10.3 Å². The molecule has 2 aromatic rings. The van der Waals surface area contributed by atoms with Crippen molar-refractivity contribution in [1.82, 2.24) is 15.2 Å². The second kappa shape index (κ2) is 9.06. The van der Waals surface area contributed by atoms with Crippen LogP contribution in [0.2, 0.25) is 0 Å². The van der Waals surface area contributed by atoms with Gasteiger partial charge in [0.2, 0.25) is 0 Å². The van der Waals surface area contributed by atoms with Gasteiger partial charge in [-0.05, 0) is 43.8 Å². The lowest BCUT2D eigenvalue weighted by atomic mass is 9.96. The quantitative estimate of drug-likeness (QED) is 0.919. The Morgan fingerprint density at radius 1 is 1.22 bits per heavy atom. The number of hydrogen-bond acceptors (Lipinski definition) is 3. The van der Waals surface area contributed by atoms with Gasteiger partial charge >= 0.3 is 0 Å². The molecule has 1 aromatic carbocycles. The van der Waals surface area contributed by atoms with Crippen molar-refractivity contribution in [2.24, 2.45) is 5.92 Å². The van der Waals surface area contributed by atoms with Crippen molar-refractivity contribution in [3.8, 4) is 0 Å². The molecule has 2 heterocycles. The van der Waals surface area contributed by atoms with Crippen LogP contribution >= 0.6 is 24.8 Å². The fourth-order valence-electron chi connectivity index (χ4n) is 3.07. The van der Waals surface area contributed by atoms with Gasteiger partial charge in [-0.25, -0.2) is 0 Å². The SMILES string of the molecule is CNCC1CCN(C(=O)c2nccc3ccccc23)CC1.Cl.Cl.